The molecule has 0 fully saturated rings. The number of halogens is 3. The molecular weight excluding hydrogens is 217 g/mol. The summed E-state index contributed by atoms with van der Waals surface area (Å²) in [6.45, 7) is 1.27. The van der Waals surface area contributed by atoms with Gasteiger partial charge in [-0.25, -0.2) is 4.79 Å². The topological polar surface area (TPSA) is 52.6 Å². The van der Waals surface area contributed by atoms with Crippen molar-refractivity contribution in [3.8, 4) is 0 Å². The summed E-state index contributed by atoms with van der Waals surface area (Å²) in [5.74, 6) is -3.65. The molecule has 0 aromatic heterocycles. The number of carbonyl (C=O) groups excluding carboxylic acids is 2. The Labute approximate surface area is 83.7 Å². The molecule has 0 unspecified atom stereocenters. The number of rotatable bonds is 4. The van der Waals surface area contributed by atoms with E-state index < -0.39 is 23.5 Å². The fourth-order valence-electron chi connectivity index (χ4n) is 0.674. The first-order valence-corrected chi connectivity index (χ1v) is 3.86. The third-order valence-electron chi connectivity index (χ3n) is 1.23. The number of methoxy groups -OCH3 is 1. The largest absolute Gasteiger partial charge is 0.503 e. The van der Waals surface area contributed by atoms with Gasteiger partial charge < -0.3 is 9.47 Å². The van der Waals surface area contributed by atoms with Gasteiger partial charge in [-0.3, -0.25) is 4.79 Å². The second-order valence-corrected chi connectivity index (χ2v) is 2.31. The summed E-state index contributed by atoms with van der Waals surface area (Å²) in [5.41, 5.74) is -1.17. The molecule has 0 aliphatic heterocycles. The first kappa shape index (κ1) is 13.5. The van der Waals surface area contributed by atoms with Crippen molar-refractivity contribution in [3.05, 3.63) is 11.8 Å². The molecular formula is C8H9F3O4. The second-order valence-electron chi connectivity index (χ2n) is 2.31. The first-order valence-electron chi connectivity index (χ1n) is 3.86. The minimum atomic E-state index is -5.13. The van der Waals surface area contributed by atoms with Crippen LogP contribution in [0.2, 0.25) is 0 Å². The summed E-state index contributed by atoms with van der Waals surface area (Å²) >= 11 is 0. The highest BCUT2D eigenvalue weighted by Crippen LogP contribution is 2.21. The standard InChI is InChI=1S/C8H9F3O4/c1-3-15-7(13)5(4-14-2)6(12)8(9,10)11/h4H,3H2,1-2H3/b5-4-. The van der Waals surface area contributed by atoms with Crippen LogP contribution >= 0.6 is 0 Å². The van der Waals surface area contributed by atoms with Crippen LogP contribution in [0, 0.1) is 0 Å². The smallest absolute Gasteiger partial charge is 0.455 e. The Morgan fingerprint density at radius 2 is 1.87 bits per heavy atom. The second kappa shape index (κ2) is 5.38. The zero-order valence-electron chi connectivity index (χ0n) is 8.05. The van der Waals surface area contributed by atoms with Crippen LogP contribution in [0.3, 0.4) is 0 Å². The van der Waals surface area contributed by atoms with E-state index in [4.69, 9.17) is 0 Å². The van der Waals surface area contributed by atoms with Crippen molar-refractivity contribution in [2.24, 2.45) is 0 Å². The maximum atomic E-state index is 12.0. The van der Waals surface area contributed by atoms with E-state index in [0.29, 0.717) is 6.26 Å². The molecule has 0 N–H and O–H groups in total. The zero-order chi connectivity index (χ0) is 12.1. The normalized spacial score (nSPS) is 12.2. The molecule has 15 heavy (non-hydrogen) atoms. The number of ether oxygens (including phenoxy) is 2. The molecule has 0 atom stereocenters. The van der Waals surface area contributed by atoms with E-state index in [9.17, 15) is 22.8 Å². The predicted octanol–water partition coefficient (Wildman–Crippen LogP) is 1.21. The highest BCUT2D eigenvalue weighted by atomic mass is 19.4. The van der Waals surface area contributed by atoms with Gasteiger partial charge in [0.2, 0.25) is 0 Å². The Bertz CT molecular complexity index is 280. The van der Waals surface area contributed by atoms with E-state index in [1.807, 2.05) is 0 Å². The van der Waals surface area contributed by atoms with E-state index in [0.717, 1.165) is 7.11 Å². The zero-order valence-corrected chi connectivity index (χ0v) is 8.05. The van der Waals surface area contributed by atoms with Crippen LogP contribution < -0.4 is 0 Å². The maximum Gasteiger partial charge on any atom is 0.455 e. The van der Waals surface area contributed by atoms with E-state index in [1.165, 1.54) is 6.92 Å². The van der Waals surface area contributed by atoms with E-state index in [2.05, 4.69) is 9.47 Å². The highest BCUT2D eigenvalue weighted by molar-refractivity contribution is 6.19. The Hall–Kier alpha value is -1.53. The van der Waals surface area contributed by atoms with Crippen molar-refractivity contribution in [1.82, 2.24) is 0 Å². The summed E-state index contributed by atoms with van der Waals surface area (Å²) in [5, 5.41) is 0. The fraction of sp³-hybridized carbons (Fsp3) is 0.500. The summed E-state index contributed by atoms with van der Waals surface area (Å²) in [6, 6.07) is 0. The third-order valence-corrected chi connectivity index (χ3v) is 1.23. The first-order chi connectivity index (χ1) is 6.84. The molecule has 4 nitrogen and oxygen atoms in total. The average Bonchev–Trinajstić information content (AvgIpc) is 2.12. The lowest BCUT2D eigenvalue weighted by Crippen LogP contribution is -2.29. The van der Waals surface area contributed by atoms with Crippen LogP contribution in [-0.2, 0) is 19.1 Å². The van der Waals surface area contributed by atoms with Crippen molar-refractivity contribution in [2.75, 3.05) is 13.7 Å². The summed E-state index contributed by atoms with van der Waals surface area (Å²) in [6.07, 6.45) is -4.72. The lowest BCUT2D eigenvalue weighted by Gasteiger charge is -2.07. The van der Waals surface area contributed by atoms with Crippen LogP contribution in [0.1, 0.15) is 6.92 Å². The number of esters is 1. The van der Waals surface area contributed by atoms with Crippen molar-refractivity contribution in [2.45, 2.75) is 13.1 Å². The Morgan fingerprint density at radius 3 is 2.20 bits per heavy atom. The summed E-state index contributed by atoms with van der Waals surface area (Å²) < 4.78 is 44.4. The van der Waals surface area contributed by atoms with Gasteiger partial charge in [-0.05, 0) is 6.92 Å². The molecule has 0 aromatic rings. The molecule has 0 rings (SSSR count). The molecule has 0 saturated carbocycles. The van der Waals surface area contributed by atoms with Gasteiger partial charge in [0.05, 0.1) is 13.7 Å². The Balaban J connectivity index is 4.92. The number of hydrogen-bond donors (Lipinski definition) is 0. The van der Waals surface area contributed by atoms with Crippen LogP contribution in [0.25, 0.3) is 0 Å². The molecule has 0 heterocycles. The Kier molecular flexibility index (Phi) is 4.83. The SMILES string of the molecule is CCOC(=O)/C(=C\OC)C(=O)C(F)(F)F. The lowest BCUT2D eigenvalue weighted by molar-refractivity contribution is -0.169. The van der Waals surface area contributed by atoms with Gasteiger partial charge >= 0.3 is 12.1 Å². The van der Waals surface area contributed by atoms with Crippen LogP contribution in [0.4, 0.5) is 13.2 Å². The predicted molar refractivity (Wildman–Crippen MR) is 42.8 cm³/mol. The van der Waals surface area contributed by atoms with E-state index in [-0.39, 0.29) is 6.61 Å². The van der Waals surface area contributed by atoms with E-state index in [1.54, 1.807) is 0 Å². The van der Waals surface area contributed by atoms with Gasteiger partial charge in [0, 0.05) is 0 Å². The number of ketones is 1. The average molecular weight is 226 g/mol. The molecule has 0 saturated heterocycles. The fourth-order valence-corrected chi connectivity index (χ4v) is 0.674. The number of alkyl halides is 3. The Morgan fingerprint density at radius 1 is 1.33 bits per heavy atom. The highest BCUT2D eigenvalue weighted by Gasteiger charge is 2.43. The number of hydrogen-bond acceptors (Lipinski definition) is 4. The molecule has 0 bridgehead atoms. The quantitative estimate of drug-likeness (QED) is 0.238. The third kappa shape index (κ3) is 4.01. The van der Waals surface area contributed by atoms with Gasteiger partial charge in [-0.2, -0.15) is 13.2 Å². The van der Waals surface area contributed by atoms with Crippen molar-refractivity contribution in [3.63, 3.8) is 0 Å². The molecule has 0 aliphatic rings. The monoisotopic (exact) mass is 226 g/mol. The maximum absolute atomic E-state index is 12.0. The van der Waals surface area contributed by atoms with Crippen molar-refractivity contribution < 1.29 is 32.2 Å². The minimum Gasteiger partial charge on any atom is -0.503 e. The van der Waals surface area contributed by atoms with Crippen LogP contribution in [0.5, 0.6) is 0 Å². The van der Waals surface area contributed by atoms with Crippen molar-refractivity contribution >= 4 is 11.8 Å². The molecule has 7 heteroatoms. The molecule has 0 radical (unpaired) electrons. The van der Waals surface area contributed by atoms with E-state index >= 15 is 0 Å². The van der Waals surface area contributed by atoms with Crippen LogP contribution in [-0.4, -0.2) is 31.6 Å². The molecule has 0 aromatic carbocycles. The lowest BCUT2D eigenvalue weighted by atomic mass is 10.2. The van der Waals surface area contributed by atoms with Gasteiger partial charge in [0.15, 0.2) is 0 Å². The molecule has 0 spiro atoms. The van der Waals surface area contributed by atoms with Gasteiger partial charge in [-0.1, -0.05) is 0 Å². The molecule has 0 aliphatic carbocycles. The van der Waals surface area contributed by atoms with Gasteiger partial charge in [-0.15, -0.1) is 0 Å². The van der Waals surface area contributed by atoms with Crippen LogP contribution in [0.15, 0.2) is 11.8 Å². The van der Waals surface area contributed by atoms with Gasteiger partial charge in [0.1, 0.15) is 11.8 Å². The molecule has 86 valence electrons. The minimum absolute atomic E-state index is 0.134. The number of Topliss-reactive ketones (excluding diaryl/α,β-unsaturated/α-hetero) is 1. The molecule has 0 amide bonds. The summed E-state index contributed by atoms with van der Waals surface area (Å²) in [7, 11) is 1.02. The van der Waals surface area contributed by atoms with Gasteiger partial charge in [0.25, 0.3) is 5.78 Å². The van der Waals surface area contributed by atoms with Crippen molar-refractivity contribution in [1.29, 1.82) is 0 Å². The number of carbonyl (C=O) groups is 2. The summed E-state index contributed by atoms with van der Waals surface area (Å²) in [4.78, 5) is 21.6.